The number of fused-ring (bicyclic) bond motifs is 1. The molecule has 13 heteroatoms. The summed E-state index contributed by atoms with van der Waals surface area (Å²) in [5, 5.41) is 4.02. The summed E-state index contributed by atoms with van der Waals surface area (Å²) >= 11 is 5.73. The zero-order chi connectivity index (χ0) is 25.7. The van der Waals surface area contributed by atoms with Crippen LogP contribution in [0.1, 0.15) is 27.0 Å². The molecule has 4 amide bonds. The average Bonchev–Trinajstić information content (AvgIpc) is 3.12. The van der Waals surface area contributed by atoms with Gasteiger partial charge in [-0.1, -0.05) is 35.9 Å². The van der Waals surface area contributed by atoms with E-state index in [2.05, 4.69) is 10.6 Å². The van der Waals surface area contributed by atoms with Gasteiger partial charge in [0.15, 0.2) is 0 Å². The van der Waals surface area contributed by atoms with E-state index in [1.165, 1.54) is 17.0 Å². The molecule has 2 aromatic carbocycles. The quantitative estimate of drug-likeness (QED) is 0.432. The highest BCUT2D eigenvalue weighted by molar-refractivity contribution is 6.56. The van der Waals surface area contributed by atoms with Crippen LogP contribution in [0.25, 0.3) is 0 Å². The van der Waals surface area contributed by atoms with Crippen LogP contribution in [-0.4, -0.2) is 58.1 Å². The average molecular weight is 497 g/mol. The summed E-state index contributed by atoms with van der Waals surface area (Å²) in [6, 6.07) is 8.69. The fourth-order valence-electron chi connectivity index (χ4n) is 4.40. The summed E-state index contributed by atoms with van der Waals surface area (Å²) in [5.41, 5.74) is 1.05. The van der Waals surface area contributed by atoms with E-state index in [0.29, 0.717) is 16.7 Å². The van der Waals surface area contributed by atoms with E-state index >= 15 is 0 Å². The third-order valence-corrected chi connectivity index (χ3v) is 7.24. The first-order valence-corrected chi connectivity index (χ1v) is 11.4. The summed E-state index contributed by atoms with van der Waals surface area (Å²) in [5.74, 6) is -6.89. The highest BCUT2D eigenvalue weighted by Gasteiger charge is 2.50. The molecule has 0 spiro atoms. The van der Waals surface area contributed by atoms with Gasteiger partial charge in [-0.15, -0.1) is 0 Å². The second-order valence-corrected chi connectivity index (χ2v) is 9.90. The molecule has 35 heavy (non-hydrogen) atoms. The Morgan fingerprint density at radius 1 is 1.17 bits per heavy atom. The van der Waals surface area contributed by atoms with Crippen molar-refractivity contribution >= 4 is 58.8 Å². The Morgan fingerprint density at radius 3 is 2.49 bits per heavy atom. The molecule has 1 saturated heterocycles. The van der Waals surface area contributed by atoms with Crippen molar-refractivity contribution < 1.29 is 28.0 Å². The molecule has 0 radical (unpaired) electrons. The second kappa shape index (κ2) is 8.82. The summed E-state index contributed by atoms with van der Waals surface area (Å²) in [4.78, 5) is 51.5. The molecule has 2 aliphatic heterocycles. The predicted molar refractivity (Wildman–Crippen MR) is 133 cm³/mol. The molecule has 7 nitrogen and oxygen atoms in total. The number of carbonyl (C=O) groups is 4. The molecule has 2 heterocycles. The van der Waals surface area contributed by atoms with Gasteiger partial charge in [0.1, 0.15) is 29.6 Å². The van der Waals surface area contributed by atoms with E-state index < -0.39 is 40.4 Å². The summed E-state index contributed by atoms with van der Waals surface area (Å²) in [6.45, 7) is -0.0467. The number of nitrogens with one attached hydrogen (secondary N) is 2. The Balaban J connectivity index is 1.48. The molecule has 0 saturated carbocycles. The van der Waals surface area contributed by atoms with Crippen molar-refractivity contribution in [2.45, 2.75) is 36.1 Å². The molecule has 178 valence electrons. The number of hydrogen-bond donors (Lipinski definition) is 2. The number of rotatable bonds is 5. The monoisotopic (exact) mass is 497 g/mol. The number of amides is 4. The molecular formula is C22H21B3ClF2N3O4. The normalized spacial score (nSPS) is 21.5. The zero-order valence-electron chi connectivity index (χ0n) is 19.3. The van der Waals surface area contributed by atoms with Crippen LogP contribution < -0.4 is 10.6 Å². The lowest BCUT2D eigenvalue weighted by Gasteiger charge is -2.43. The van der Waals surface area contributed by atoms with Crippen LogP contribution in [0, 0.1) is 0 Å². The largest absolute Gasteiger partial charge is 0.349 e. The van der Waals surface area contributed by atoms with E-state index in [9.17, 15) is 28.0 Å². The van der Waals surface area contributed by atoms with E-state index in [1.807, 2.05) is 0 Å². The van der Waals surface area contributed by atoms with Crippen molar-refractivity contribution in [1.29, 1.82) is 0 Å². The molecule has 0 aromatic heterocycles. The van der Waals surface area contributed by atoms with Crippen molar-refractivity contribution in [3.8, 4) is 0 Å². The van der Waals surface area contributed by atoms with Gasteiger partial charge in [-0.2, -0.15) is 8.78 Å². The van der Waals surface area contributed by atoms with Crippen molar-refractivity contribution in [2.24, 2.45) is 0 Å². The number of nitrogens with zero attached hydrogens (tertiary/aromatic N) is 1. The van der Waals surface area contributed by atoms with E-state index in [4.69, 9.17) is 11.6 Å². The maximum atomic E-state index is 14.5. The number of benzene rings is 2. The van der Waals surface area contributed by atoms with Crippen molar-refractivity contribution in [3.05, 3.63) is 69.7 Å². The SMILES string of the molecule is BC1C(N2Cc3cc(CNC(=O)C(F)(F)c4ccc(Cl)cc4)ccc3C2=O)C(=O)NC(=O)C1(B)B. The van der Waals surface area contributed by atoms with Gasteiger partial charge in [0.2, 0.25) is 11.8 Å². The van der Waals surface area contributed by atoms with Gasteiger partial charge in [-0.05, 0) is 40.4 Å². The van der Waals surface area contributed by atoms with Gasteiger partial charge >= 0.3 is 5.92 Å². The molecule has 0 bridgehead atoms. The second-order valence-electron chi connectivity index (χ2n) is 9.46. The summed E-state index contributed by atoms with van der Waals surface area (Å²) in [6.07, 6.45) is 0. The minimum Gasteiger partial charge on any atom is -0.346 e. The molecule has 2 aliphatic rings. The van der Waals surface area contributed by atoms with Gasteiger partial charge in [0, 0.05) is 29.2 Å². The van der Waals surface area contributed by atoms with Crippen LogP contribution in [-0.2, 0) is 33.4 Å². The first kappa shape index (κ1) is 25.0. The predicted octanol–water partition coefficient (Wildman–Crippen LogP) is -0.467. The van der Waals surface area contributed by atoms with Gasteiger partial charge in [0.05, 0.1) is 0 Å². The molecule has 2 atom stereocenters. The van der Waals surface area contributed by atoms with Gasteiger partial charge in [-0.25, -0.2) is 0 Å². The highest BCUT2D eigenvalue weighted by atomic mass is 35.5. The number of halogens is 3. The highest BCUT2D eigenvalue weighted by Crippen LogP contribution is 2.41. The van der Waals surface area contributed by atoms with Gasteiger partial charge in [0.25, 0.3) is 11.8 Å². The standard InChI is InChI=1S/C22H21B3ClF2N3O4/c23-16-15(17(32)30-19(34)21(16,24)25)31-9-11-7-10(1-6-14(11)18(31)33)8-29-20(35)22(27,28)12-2-4-13(26)5-3-12/h1-7,15-16H,8-9,23-25H2,(H,29,35)(H,30,32,34). The Morgan fingerprint density at radius 2 is 1.83 bits per heavy atom. The molecule has 2 aromatic rings. The Hall–Kier alpha value is -3.14. The molecule has 4 rings (SSSR count). The van der Waals surface area contributed by atoms with Gasteiger partial charge < -0.3 is 10.2 Å². The summed E-state index contributed by atoms with van der Waals surface area (Å²) in [7, 11) is 5.21. The first-order valence-electron chi connectivity index (χ1n) is 11.0. The van der Waals surface area contributed by atoms with Crippen LogP contribution in [0.2, 0.25) is 16.1 Å². The Labute approximate surface area is 208 Å². The fraction of sp³-hybridized carbons (Fsp3) is 0.273. The molecular weight excluding hydrogens is 476 g/mol. The molecule has 2 N–H and O–H groups in total. The maximum absolute atomic E-state index is 14.5. The minimum absolute atomic E-state index is 0.129. The van der Waals surface area contributed by atoms with Crippen LogP contribution >= 0.6 is 11.6 Å². The lowest BCUT2D eigenvalue weighted by atomic mass is 9.40. The van der Waals surface area contributed by atoms with Crippen LogP contribution in [0.4, 0.5) is 8.78 Å². The van der Waals surface area contributed by atoms with Gasteiger partial charge in [-0.3, -0.25) is 24.5 Å². The van der Waals surface area contributed by atoms with Crippen LogP contribution in [0.3, 0.4) is 0 Å². The number of imide groups is 1. The lowest BCUT2D eigenvalue weighted by molar-refractivity contribution is -0.147. The topological polar surface area (TPSA) is 95.6 Å². The summed E-state index contributed by atoms with van der Waals surface area (Å²) < 4.78 is 29.0. The van der Waals surface area contributed by atoms with Crippen molar-refractivity contribution in [3.63, 3.8) is 0 Å². The first-order chi connectivity index (χ1) is 16.3. The maximum Gasteiger partial charge on any atom is 0.349 e. The molecule has 2 unspecified atom stereocenters. The number of alkyl halides is 2. The Kier molecular flexibility index (Phi) is 6.29. The third-order valence-electron chi connectivity index (χ3n) is 6.98. The number of piperidine rings is 1. The fourth-order valence-corrected chi connectivity index (χ4v) is 4.53. The van der Waals surface area contributed by atoms with Crippen LogP contribution in [0.15, 0.2) is 42.5 Å². The van der Waals surface area contributed by atoms with Crippen molar-refractivity contribution in [1.82, 2.24) is 15.5 Å². The van der Waals surface area contributed by atoms with E-state index in [-0.39, 0.29) is 29.9 Å². The lowest BCUT2D eigenvalue weighted by Crippen LogP contribution is -2.61. The molecule has 0 aliphatic carbocycles. The Bertz CT molecular complexity index is 1240. The smallest absolute Gasteiger partial charge is 0.346 e. The van der Waals surface area contributed by atoms with E-state index in [0.717, 1.165) is 12.1 Å². The van der Waals surface area contributed by atoms with Crippen molar-refractivity contribution in [2.75, 3.05) is 0 Å². The molecule has 1 fully saturated rings. The third kappa shape index (κ3) is 4.35. The number of carbonyl (C=O) groups excluding carboxylic acids is 4. The van der Waals surface area contributed by atoms with E-state index in [1.54, 1.807) is 41.7 Å². The number of hydrogen-bond acceptors (Lipinski definition) is 4. The zero-order valence-corrected chi connectivity index (χ0v) is 20.1. The minimum atomic E-state index is -3.75. The van der Waals surface area contributed by atoms with Crippen LogP contribution in [0.5, 0.6) is 0 Å².